The van der Waals surface area contributed by atoms with E-state index in [1.807, 2.05) is 0 Å². The summed E-state index contributed by atoms with van der Waals surface area (Å²) in [5.41, 5.74) is 16.4. The summed E-state index contributed by atoms with van der Waals surface area (Å²) in [5, 5.41) is 15.5. The van der Waals surface area contributed by atoms with Crippen LogP contribution in [-0.2, 0) is 4.79 Å². The van der Waals surface area contributed by atoms with Gasteiger partial charge in [-0.05, 0) is 23.9 Å². The summed E-state index contributed by atoms with van der Waals surface area (Å²) in [4.78, 5) is 15.8. The molecule has 0 saturated heterocycles. The molecule has 1 aliphatic rings. The molecule has 8 nitrogen and oxygen atoms in total. The van der Waals surface area contributed by atoms with Crippen molar-refractivity contribution in [1.82, 2.24) is 0 Å². The highest BCUT2D eigenvalue weighted by Gasteiger charge is 2.36. The van der Waals surface area contributed by atoms with Crippen LogP contribution in [0.5, 0.6) is 0 Å². The summed E-state index contributed by atoms with van der Waals surface area (Å²) in [5.74, 6) is -1.53. The van der Waals surface area contributed by atoms with Gasteiger partial charge in [-0.15, -0.1) is 0 Å². The molecule has 0 bridgehead atoms. The summed E-state index contributed by atoms with van der Waals surface area (Å²) in [6.45, 7) is 0. The normalized spacial score (nSPS) is 30.1. The Morgan fingerprint density at radius 2 is 1.64 bits per heavy atom. The van der Waals surface area contributed by atoms with Gasteiger partial charge in [0, 0.05) is 21.9 Å². The molecular weight excluding hydrogens is 188 g/mol. The van der Waals surface area contributed by atoms with Gasteiger partial charge >= 0.3 is 5.97 Å². The highest BCUT2D eigenvalue weighted by atomic mass is 16.4. The lowest BCUT2D eigenvalue weighted by Crippen LogP contribution is -2.12. The van der Waals surface area contributed by atoms with Gasteiger partial charge in [-0.2, -0.15) is 0 Å². The zero-order chi connectivity index (χ0) is 10.6. The lowest BCUT2D eigenvalue weighted by molar-refractivity contribution is -0.141. The molecule has 0 aromatic carbocycles. The minimum atomic E-state index is -0.946. The largest absolute Gasteiger partial charge is 0.481 e. The van der Waals surface area contributed by atoms with Gasteiger partial charge in [-0.3, -0.25) is 4.79 Å². The van der Waals surface area contributed by atoms with Gasteiger partial charge in [0.25, 0.3) is 0 Å². The van der Waals surface area contributed by atoms with Crippen LogP contribution in [0.4, 0.5) is 0 Å². The maximum absolute atomic E-state index is 10.6. The zero-order valence-corrected chi connectivity index (χ0v) is 7.19. The third-order valence-electron chi connectivity index (χ3n) is 2.25. The van der Waals surface area contributed by atoms with Crippen molar-refractivity contribution in [2.45, 2.75) is 24.9 Å². The van der Waals surface area contributed by atoms with Crippen molar-refractivity contribution >= 4 is 5.97 Å². The highest BCUT2D eigenvalue weighted by molar-refractivity contribution is 5.70. The molecule has 2 unspecified atom stereocenters. The SMILES string of the molecule is [N-]=[N+]=NC1CC(C(=O)O)C[C@@H]1N=[N+]=[N-]. The summed E-state index contributed by atoms with van der Waals surface area (Å²) in [7, 11) is 0. The molecule has 74 valence electrons. The van der Waals surface area contributed by atoms with Gasteiger partial charge in [0.15, 0.2) is 0 Å². The van der Waals surface area contributed by atoms with Crippen molar-refractivity contribution in [2.24, 2.45) is 16.1 Å². The molecule has 0 radical (unpaired) electrons. The van der Waals surface area contributed by atoms with Crippen molar-refractivity contribution in [3.63, 3.8) is 0 Å². The Balaban J connectivity index is 2.79. The molecule has 1 rings (SSSR count). The van der Waals surface area contributed by atoms with E-state index < -0.39 is 24.0 Å². The average molecular weight is 196 g/mol. The van der Waals surface area contributed by atoms with Gasteiger partial charge < -0.3 is 5.11 Å². The molecule has 1 aliphatic carbocycles. The molecule has 0 aromatic heterocycles. The first kappa shape index (κ1) is 10.2. The first-order chi connectivity index (χ1) is 6.69. The van der Waals surface area contributed by atoms with Crippen LogP contribution in [0.3, 0.4) is 0 Å². The quantitative estimate of drug-likeness (QED) is 0.418. The second-order valence-electron chi connectivity index (χ2n) is 3.05. The Morgan fingerprint density at radius 3 is 1.93 bits per heavy atom. The molecule has 0 amide bonds. The molecule has 0 aromatic rings. The molecule has 8 heteroatoms. The number of hydrogen-bond acceptors (Lipinski definition) is 3. The lowest BCUT2D eigenvalue weighted by atomic mass is 10.1. The first-order valence-electron chi connectivity index (χ1n) is 4.00. The van der Waals surface area contributed by atoms with Crippen molar-refractivity contribution in [3.8, 4) is 0 Å². The summed E-state index contributed by atoms with van der Waals surface area (Å²) in [6.07, 6.45) is 0.478. The Kier molecular flexibility index (Phi) is 3.17. The maximum atomic E-state index is 10.6. The van der Waals surface area contributed by atoms with Crippen LogP contribution < -0.4 is 0 Å². The van der Waals surface area contributed by atoms with Gasteiger partial charge in [0.1, 0.15) is 0 Å². The van der Waals surface area contributed by atoms with Crippen LogP contribution in [0.2, 0.25) is 0 Å². The van der Waals surface area contributed by atoms with Crippen LogP contribution in [0.25, 0.3) is 20.9 Å². The van der Waals surface area contributed by atoms with Crippen LogP contribution in [-0.4, -0.2) is 23.2 Å². The molecule has 1 saturated carbocycles. The van der Waals surface area contributed by atoms with Crippen LogP contribution in [0, 0.1) is 5.92 Å². The molecule has 1 N–H and O–H groups in total. The minimum Gasteiger partial charge on any atom is -0.481 e. The zero-order valence-electron chi connectivity index (χ0n) is 7.19. The minimum absolute atomic E-state index is 0.239. The van der Waals surface area contributed by atoms with E-state index in [9.17, 15) is 4.79 Å². The molecule has 3 atom stereocenters. The number of carbonyl (C=O) groups is 1. The Bertz CT molecular complexity index is 303. The second kappa shape index (κ2) is 4.36. The van der Waals surface area contributed by atoms with E-state index in [0.29, 0.717) is 0 Å². The Hall–Kier alpha value is -1.91. The number of azide groups is 2. The summed E-state index contributed by atoms with van der Waals surface area (Å²) >= 11 is 0. The monoisotopic (exact) mass is 196 g/mol. The third-order valence-corrected chi connectivity index (χ3v) is 2.25. The van der Waals surface area contributed by atoms with Gasteiger partial charge in [-0.25, -0.2) is 0 Å². The van der Waals surface area contributed by atoms with E-state index in [1.165, 1.54) is 0 Å². The number of aliphatic carboxylic acids is 1. The number of hydrogen-bond donors (Lipinski definition) is 1. The lowest BCUT2D eigenvalue weighted by Gasteiger charge is -2.04. The highest BCUT2D eigenvalue weighted by Crippen LogP contribution is 2.31. The predicted octanol–water partition coefficient (Wildman–Crippen LogP) is 1.84. The Labute approximate surface area is 78.8 Å². The predicted molar refractivity (Wildman–Crippen MR) is 46.2 cm³/mol. The van der Waals surface area contributed by atoms with E-state index in [-0.39, 0.29) is 12.8 Å². The van der Waals surface area contributed by atoms with E-state index in [1.54, 1.807) is 0 Å². The van der Waals surface area contributed by atoms with E-state index >= 15 is 0 Å². The Morgan fingerprint density at radius 1 is 1.21 bits per heavy atom. The van der Waals surface area contributed by atoms with Gasteiger partial charge in [0.05, 0.1) is 5.92 Å². The third kappa shape index (κ3) is 2.07. The van der Waals surface area contributed by atoms with E-state index in [4.69, 9.17) is 16.2 Å². The van der Waals surface area contributed by atoms with E-state index in [0.717, 1.165) is 0 Å². The van der Waals surface area contributed by atoms with Crippen molar-refractivity contribution < 1.29 is 9.90 Å². The average Bonchev–Trinajstić information content (AvgIpc) is 2.50. The van der Waals surface area contributed by atoms with E-state index in [2.05, 4.69) is 20.1 Å². The van der Waals surface area contributed by atoms with Crippen molar-refractivity contribution in [1.29, 1.82) is 0 Å². The fraction of sp³-hybridized carbons (Fsp3) is 0.833. The molecular formula is C6H8N6O2. The molecule has 0 heterocycles. The second-order valence-corrected chi connectivity index (χ2v) is 3.05. The van der Waals surface area contributed by atoms with Crippen molar-refractivity contribution in [2.75, 3.05) is 0 Å². The number of carboxylic acids is 1. The topological polar surface area (TPSA) is 135 Å². The standard InChI is InChI=1S/C6H8N6O2/c7-11-9-4-1-3(6(13)14)2-5(4)10-12-8/h3-5H,1-2H2,(H,13,14)/t3?,4-,5?/m0/s1. The number of nitrogens with zero attached hydrogens (tertiary/aromatic N) is 6. The molecule has 14 heavy (non-hydrogen) atoms. The van der Waals surface area contributed by atoms with Gasteiger partial charge in [-0.1, -0.05) is 10.2 Å². The van der Waals surface area contributed by atoms with Crippen LogP contribution >= 0.6 is 0 Å². The smallest absolute Gasteiger partial charge is 0.306 e. The first-order valence-corrected chi connectivity index (χ1v) is 4.00. The van der Waals surface area contributed by atoms with Crippen LogP contribution in [0.1, 0.15) is 12.8 Å². The maximum Gasteiger partial charge on any atom is 0.306 e. The van der Waals surface area contributed by atoms with Crippen molar-refractivity contribution in [3.05, 3.63) is 20.9 Å². The summed E-state index contributed by atoms with van der Waals surface area (Å²) in [6, 6.07) is -1.06. The molecule has 0 aliphatic heterocycles. The molecule has 1 fully saturated rings. The van der Waals surface area contributed by atoms with Gasteiger partial charge in [0.2, 0.25) is 0 Å². The summed E-state index contributed by atoms with van der Waals surface area (Å²) < 4.78 is 0. The number of carboxylic acid groups (broad SMARTS) is 1. The fourth-order valence-corrected chi connectivity index (χ4v) is 1.58. The molecule has 0 spiro atoms. The number of rotatable bonds is 3. The van der Waals surface area contributed by atoms with Crippen LogP contribution in [0.15, 0.2) is 10.2 Å². The fourth-order valence-electron chi connectivity index (χ4n) is 1.58.